The molecule has 1 aromatic heterocycles. The predicted molar refractivity (Wildman–Crippen MR) is 156 cm³/mol. The molecule has 7 nitrogen and oxygen atoms in total. The fourth-order valence-corrected chi connectivity index (χ4v) is 5.00. The van der Waals surface area contributed by atoms with Gasteiger partial charge >= 0.3 is 0 Å². The zero-order chi connectivity index (χ0) is 26.9. The number of anilines is 2. The molecule has 1 aliphatic heterocycles. The molecular formula is C29H30ClN5O2S. The van der Waals surface area contributed by atoms with Crippen LogP contribution < -0.4 is 5.32 Å². The number of halogens is 1. The van der Waals surface area contributed by atoms with Crippen LogP contribution >= 0.6 is 23.4 Å². The molecule has 0 bridgehead atoms. The minimum Gasteiger partial charge on any atom is -0.335 e. The van der Waals surface area contributed by atoms with Crippen LogP contribution in [-0.4, -0.2) is 63.5 Å². The van der Waals surface area contributed by atoms with Gasteiger partial charge in [-0.2, -0.15) is 0 Å². The number of hydrogen-bond donors (Lipinski definition) is 1. The molecule has 196 valence electrons. The van der Waals surface area contributed by atoms with Crippen LogP contribution in [0.1, 0.15) is 22.8 Å². The summed E-state index contributed by atoms with van der Waals surface area (Å²) in [5.41, 5.74) is 4.20. The predicted octanol–water partition coefficient (Wildman–Crippen LogP) is 5.73. The first-order valence-electron chi connectivity index (χ1n) is 12.4. The van der Waals surface area contributed by atoms with Crippen LogP contribution in [0, 0.1) is 0 Å². The molecule has 1 fully saturated rings. The average molecular weight is 548 g/mol. The van der Waals surface area contributed by atoms with Crippen molar-refractivity contribution in [1.82, 2.24) is 19.8 Å². The average Bonchev–Trinajstić information content (AvgIpc) is 2.97. The van der Waals surface area contributed by atoms with Gasteiger partial charge < -0.3 is 15.1 Å². The Bertz CT molecular complexity index is 1300. The lowest BCUT2D eigenvalue weighted by Crippen LogP contribution is -2.50. The third kappa shape index (κ3) is 6.82. The van der Waals surface area contributed by atoms with Gasteiger partial charge in [0.1, 0.15) is 0 Å². The van der Waals surface area contributed by atoms with Crippen molar-refractivity contribution in [2.24, 2.45) is 0 Å². The van der Waals surface area contributed by atoms with Crippen molar-refractivity contribution < 1.29 is 9.59 Å². The van der Waals surface area contributed by atoms with Gasteiger partial charge in [-0.05, 0) is 47.7 Å². The van der Waals surface area contributed by atoms with E-state index in [1.54, 1.807) is 40.3 Å². The number of piperazine rings is 1. The van der Waals surface area contributed by atoms with Crippen molar-refractivity contribution in [3.63, 3.8) is 0 Å². The van der Waals surface area contributed by atoms with Gasteiger partial charge in [0.05, 0.1) is 10.6 Å². The van der Waals surface area contributed by atoms with E-state index in [2.05, 4.69) is 21.9 Å². The quantitative estimate of drug-likeness (QED) is 0.209. The molecule has 0 spiro atoms. The molecule has 1 N–H and O–H groups in total. The third-order valence-electron chi connectivity index (χ3n) is 6.08. The highest BCUT2D eigenvalue weighted by molar-refractivity contribution is 8.03. The van der Waals surface area contributed by atoms with Crippen molar-refractivity contribution in [1.29, 1.82) is 0 Å². The number of benzene rings is 2. The first-order valence-corrected chi connectivity index (χ1v) is 13.9. The van der Waals surface area contributed by atoms with Gasteiger partial charge in [-0.15, -0.1) is 23.4 Å². The second-order valence-corrected chi connectivity index (χ2v) is 10.2. The minimum atomic E-state index is -0.0490. The van der Waals surface area contributed by atoms with Crippen molar-refractivity contribution >= 4 is 46.8 Å². The molecule has 0 atom stereocenters. The molecule has 9 heteroatoms. The molecule has 0 aliphatic carbocycles. The van der Waals surface area contributed by atoms with Crippen LogP contribution in [0.3, 0.4) is 0 Å². The zero-order valence-corrected chi connectivity index (χ0v) is 22.8. The number of rotatable bonds is 9. The van der Waals surface area contributed by atoms with Gasteiger partial charge in [0.25, 0.3) is 11.8 Å². The summed E-state index contributed by atoms with van der Waals surface area (Å²) >= 11 is 7.39. The minimum absolute atomic E-state index is 0.00200. The number of nitrogens with one attached hydrogen (secondary N) is 1. The van der Waals surface area contributed by atoms with Crippen LogP contribution in [0.5, 0.6) is 0 Å². The number of alkyl halides is 1. The van der Waals surface area contributed by atoms with Crippen LogP contribution in [0.2, 0.25) is 0 Å². The number of carbonyl (C=O) groups excluding carboxylic acids is 2. The molecule has 38 heavy (non-hydrogen) atoms. The molecule has 0 unspecified atom stereocenters. The molecule has 3 aromatic rings. The maximum absolute atomic E-state index is 13.1. The molecule has 1 aliphatic rings. The number of carbonyl (C=O) groups is 2. The van der Waals surface area contributed by atoms with Crippen LogP contribution in [0.25, 0.3) is 11.3 Å². The SMILES string of the molecule is C=C/C=C(\SCC)C(=O)N1CCN(C(=O)c2ccc(Nc3nccc(-c4ccc(CCl)cc4)n3)cc2)CC1. The standard InChI is InChI=1S/C29H30ClN5O2S/c1-3-5-26(38-4-2)28(37)35-18-16-34(17-19-35)27(36)23-10-12-24(13-11-23)32-29-31-15-14-25(33-29)22-8-6-21(20-30)7-9-22/h3,5-15H,1,4,16-20H2,2H3,(H,31,32,33)/b26-5-. The number of thioether (sulfide) groups is 1. The summed E-state index contributed by atoms with van der Waals surface area (Å²) in [6, 6.07) is 17.1. The fourth-order valence-electron chi connectivity index (χ4n) is 4.06. The lowest BCUT2D eigenvalue weighted by Gasteiger charge is -2.35. The Morgan fingerprint density at radius 3 is 2.34 bits per heavy atom. The summed E-state index contributed by atoms with van der Waals surface area (Å²) in [5.74, 6) is 1.70. The number of allylic oxidation sites excluding steroid dienone is 2. The Morgan fingerprint density at radius 1 is 1.03 bits per heavy atom. The van der Waals surface area contributed by atoms with Crippen molar-refractivity contribution in [3.05, 3.63) is 95.6 Å². The third-order valence-corrected chi connectivity index (χ3v) is 7.30. The van der Waals surface area contributed by atoms with Gasteiger partial charge in [0.15, 0.2) is 0 Å². The normalized spacial score (nSPS) is 13.8. The summed E-state index contributed by atoms with van der Waals surface area (Å²) in [5, 5.41) is 3.21. The highest BCUT2D eigenvalue weighted by Crippen LogP contribution is 2.22. The van der Waals surface area contributed by atoms with Gasteiger partial charge in [-0.1, -0.05) is 43.8 Å². The number of aromatic nitrogens is 2. The zero-order valence-electron chi connectivity index (χ0n) is 21.3. The van der Waals surface area contributed by atoms with Crippen molar-refractivity contribution in [2.75, 3.05) is 37.2 Å². The lowest BCUT2D eigenvalue weighted by atomic mass is 10.1. The lowest BCUT2D eigenvalue weighted by molar-refractivity contribution is -0.127. The Balaban J connectivity index is 1.35. The molecule has 0 saturated carbocycles. The van der Waals surface area contributed by atoms with E-state index >= 15 is 0 Å². The van der Waals surface area contributed by atoms with Crippen molar-refractivity contribution in [2.45, 2.75) is 12.8 Å². The first-order chi connectivity index (χ1) is 18.5. The molecular weight excluding hydrogens is 518 g/mol. The van der Waals surface area contributed by atoms with Crippen LogP contribution in [0.4, 0.5) is 11.6 Å². The van der Waals surface area contributed by atoms with E-state index in [-0.39, 0.29) is 11.8 Å². The maximum atomic E-state index is 13.1. The van der Waals surface area contributed by atoms with Gasteiger partial charge in [0, 0.05) is 55.1 Å². The Labute approximate surface area is 232 Å². The highest BCUT2D eigenvalue weighted by atomic mass is 35.5. The maximum Gasteiger partial charge on any atom is 0.260 e. The van der Waals surface area contributed by atoms with E-state index in [0.717, 1.165) is 28.3 Å². The van der Waals surface area contributed by atoms with E-state index in [0.29, 0.717) is 48.5 Å². The topological polar surface area (TPSA) is 78.4 Å². The largest absolute Gasteiger partial charge is 0.335 e. The van der Waals surface area contributed by atoms with Crippen molar-refractivity contribution in [3.8, 4) is 11.3 Å². The van der Waals surface area contributed by atoms with Gasteiger partial charge in [-0.25, -0.2) is 9.97 Å². The fraction of sp³-hybridized carbons (Fsp3) is 0.241. The first kappa shape index (κ1) is 27.4. The van der Waals surface area contributed by atoms with E-state index in [1.807, 2.05) is 49.4 Å². The van der Waals surface area contributed by atoms with E-state index in [9.17, 15) is 9.59 Å². The van der Waals surface area contributed by atoms with E-state index in [4.69, 9.17) is 11.6 Å². The van der Waals surface area contributed by atoms with E-state index in [1.165, 1.54) is 11.8 Å². The number of hydrogen-bond acceptors (Lipinski definition) is 6. The monoisotopic (exact) mass is 547 g/mol. The summed E-state index contributed by atoms with van der Waals surface area (Å²) in [7, 11) is 0. The summed E-state index contributed by atoms with van der Waals surface area (Å²) in [6.45, 7) is 7.72. The Kier molecular flexibility index (Phi) is 9.56. The Hall–Kier alpha value is -3.62. The second-order valence-electron chi connectivity index (χ2n) is 8.58. The Morgan fingerprint density at radius 2 is 1.71 bits per heavy atom. The molecule has 2 amide bonds. The molecule has 4 rings (SSSR count). The van der Waals surface area contributed by atoms with Gasteiger partial charge in [0.2, 0.25) is 5.95 Å². The smallest absolute Gasteiger partial charge is 0.260 e. The second kappa shape index (κ2) is 13.3. The summed E-state index contributed by atoms with van der Waals surface area (Å²) in [4.78, 5) is 39.1. The van der Waals surface area contributed by atoms with Gasteiger partial charge in [-0.3, -0.25) is 9.59 Å². The van der Waals surface area contributed by atoms with Crippen LogP contribution in [-0.2, 0) is 10.7 Å². The summed E-state index contributed by atoms with van der Waals surface area (Å²) in [6.07, 6.45) is 5.10. The van der Waals surface area contributed by atoms with Crippen LogP contribution in [0.15, 0.2) is 84.4 Å². The highest BCUT2D eigenvalue weighted by Gasteiger charge is 2.26. The molecule has 1 saturated heterocycles. The molecule has 0 radical (unpaired) electrons. The molecule has 2 aromatic carbocycles. The number of nitrogens with zero attached hydrogens (tertiary/aromatic N) is 4. The van der Waals surface area contributed by atoms with E-state index < -0.39 is 0 Å². The summed E-state index contributed by atoms with van der Waals surface area (Å²) < 4.78 is 0. The number of amides is 2. The molecule has 2 heterocycles.